The molecule has 3 aliphatic rings. The highest BCUT2D eigenvalue weighted by Gasteiger charge is 2.41. The van der Waals surface area contributed by atoms with Gasteiger partial charge in [0.25, 0.3) is 0 Å². The predicted molar refractivity (Wildman–Crippen MR) is 79.3 cm³/mol. The van der Waals surface area contributed by atoms with Crippen LogP contribution in [0.3, 0.4) is 0 Å². The van der Waals surface area contributed by atoms with Gasteiger partial charge < -0.3 is 10.6 Å². The summed E-state index contributed by atoms with van der Waals surface area (Å²) in [4.78, 5) is 7.94. The summed E-state index contributed by atoms with van der Waals surface area (Å²) in [5, 5.41) is 0. The normalized spacial score (nSPS) is 39.2. The standard InChI is InChI=1S/C15H30N4/c1-17-7-3-5-15(13-16,6-9-17)19-11-10-18-8-2-4-14(18)12-19/h14H,2-13,16H2,1H3. The van der Waals surface area contributed by atoms with Crippen molar-refractivity contribution >= 4 is 0 Å². The van der Waals surface area contributed by atoms with E-state index in [1.165, 1.54) is 71.4 Å². The van der Waals surface area contributed by atoms with Crippen molar-refractivity contribution in [1.29, 1.82) is 0 Å². The molecule has 2 atom stereocenters. The van der Waals surface area contributed by atoms with Crippen LogP contribution in [0.2, 0.25) is 0 Å². The number of rotatable bonds is 2. The number of piperazine rings is 1. The van der Waals surface area contributed by atoms with Crippen molar-refractivity contribution in [1.82, 2.24) is 14.7 Å². The van der Waals surface area contributed by atoms with E-state index >= 15 is 0 Å². The Morgan fingerprint density at radius 1 is 1.05 bits per heavy atom. The summed E-state index contributed by atoms with van der Waals surface area (Å²) in [6.07, 6.45) is 6.65. The summed E-state index contributed by atoms with van der Waals surface area (Å²) in [6, 6.07) is 0.818. The van der Waals surface area contributed by atoms with Crippen LogP contribution < -0.4 is 5.73 Å². The first-order chi connectivity index (χ1) is 9.23. The van der Waals surface area contributed by atoms with Gasteiger partial charge in [-0.05, 0) is 58.8 Å². The molecule has 2 N–H and O–H groups in total. The van der Waals surface area contributed by atoms with Crippen LogP contribution >= 0.6 is 0 Å². The molecule has 19 heavy (non-hydrogen) atoms. The third kappa shape index (κ3) is 2.68. The van der Waals surface area contributed by atoms with Gasteiger partial charge in [0, 0.05) is 37.8 Å². The van der Waals surface area contributed by atoms with E-state index in [9.17, 15) is 0 Å². The van der Waals surface area contributed by atoms with E-state index in [1.807, 2.05) is 0 Å². The van der Waals surface area contributed by atoms with Crippen molar-refractivity contribution in [3.05, 3.63) is 0 Å². The molecule has 3 aliphatic heterocycles. The van der Waals surface area contributed by atoms with Gasteiger partial charge in [0.05, 0.1) is 0 Å². The van der Waals surface area contributed by atoms with Crippen LogP contribution in [0.4, 0.5) is 0 Å². The quantitative estimate of drug-likeness (QED) is 0.793. The second kappa shape index (κ2) is 5.68. The molecule has 0 saturated carbocycles. The van der Waals surface area contributed by atoms with Gasteiger partial charge in [0.2, 0.25) is 0 Å². The number of hydrogen-bond donors (Lipinski definition) is 1. The summed E-state index contributed by atoms with van der Waals surface area (Å²) in [5.41, 5.74) is 6.54. The fourth-order valence-corrected chi connectivity index (χ4v) is 4.39. The van der Waals surface area contributed by atoms with E-state index in [4.69, 9.17) is 5.73 Å². The molecular weight excluding hydrogens is 236 g/mol. The maximum Gasteiger partial charge on any atom is 0.0345 e. The second-order valence-electron chi connectivity index (χ2n) is 6.86. The molecule has 2 unspecified atom stereocenters. The lowest BCUT2D eigenvalue weighted by Crippen LogP contribution is -2.62. The van der Waals surface area contributed by atoms with E-state index < -0.39 is 0 Å². The Morgan fingerprint density at radius 3 is 2.79 bits per heavy atom. The van der Waals surface area contributed by atoms with Crippen LogP contribution in [0.5, 0.6) is 0 Å². The zero-order chi connectivity index (χ0) is 13.3. The zero-order valence-electron chi connectivity index (χ0n) is 12.5. The summed E-state index contributed by atoms with van der Waals surface area (Å²) < 4.78 is 0. The third-order valence-electron chi connectivity index (χ3n) is 5.78. The molecule has 0 aromatic heterocycles. The van der Waals surface area contributed by atoms with Crippen molar-refractivity contribution in [3.63, 3.8) is 0 Å². The highest BCUT2D eigenvalue weighted by Crippen LogP contribution is 2.32. The van der Waals surface area contributed by atoms with Crippen LogP contribution in [0.25, 0.3) is 0 Å². The zero-order valence-corrected chi connectivity index (χ0v) is 12.5. The molecule has 0 radical (unpaired) electrons. The molecular formula is C15H30N4. The molecule has 0 bridgehead atoms. The predicted octanol–water partition coefficient (Wildman–Crippen LogP) is 0.580. The molecule has 0 aromatic carbocycles. The summed E-state index contributed by atoms with van der Waals surface area (Å²) in [7, 11) is 2.25. The van der Waals surface area contributed by atoms with Crippen molar-refractivity contribution < 1.29 is 0 Å². The Bertz CT molecular complexity index is 309. The Kier molecular flexibility index (Phi) is 4.13. The molecule has 110 valence electrons. The van der Waals surface area contributed by atoms with Crippen molar-refractivity contribution in [2.24, 2.45) is 5.73 Å². The molecule has 0 aliphatic carbocycles. The lowest BCUT2D eigenvalue weighted by Gasteiger charge is -2.49. The Morgan fingerprint density at radius 2 is 1.95 bits per heavy atom. The molecule has 3 fully saturated rings. The molecule has 4 heteroatoms. The molecule has 0 spiro atoms. The van der Waals surface area contributed by atoms with Gasteiger partial charge in [-0.3, -0.25) is 9.80 Å². The van der Waals surface area contributed by atoms with Crippen LogP contribution in [-0.2, 0) is 0 Å². The van der Waals surface area contributed by atoms with Crippen molar-refractivity contribution in [2.45, 2.75) is 43.7 Å². The van der Waals surface area contributed by atoms with Gasteiger partial charge >= 0.3 is 0 Å². The van der Waals surface area contributed by atoms with Crippen LogP contribution in [0, 0.1) is 0 Å². The average Bonchev–Trinajstić information content (AvgIpc) is 2.81. The molecule has 3 saturated heterocycles. The lowest BCUT2D eigenvalue weighted by molar-refractivity contribution is 0.00999. The van der Waals surface area contributed by atoms with Crippen molar-refractivity contribution in [2.75, 3.05) is 52.9 Å². The van der Waals surface area contributed by atoms with Gasteiger partial charge in [0.15, 0.2) is 0 Å². The van der Waals surface area contributed by atoms with Gasteiger partial charge in [-0.1, -0.05) is 0 Å². The van der Waals surface area contributed by atoms with E-state index in [1.54, 1.807) is 0 Å². The Balaban J connectivity index is 1.70. The first kappa shape index (κ1) is 13.8. The minimum Gasteiger partial charge on any atom is -0.329 e. The first-order valence-corrected chi connectivity index (χ1v) is 8.11. The molecule has 3 rings (SSSR count). The third-order valence-corrected chi connectivity index (χ3v) is 5.78. The number of nitrogens with zero attached hydrogens (tertiary/aromatic N) is 3. The number of nitrogens with two attached hydrogens (primary N) is 1. The maximum atomic E-state index is 6.25. The summed E-state index contributed by atoms with van der Waals surface area (Å²) in [5.74, 6) is 0. The van der Waals surface area contributed by atoms with Crippen LogP contribution in [0.15, 0.2) is 0 Å². The first-order valence-electron chi connectivity index (χ1n) is 8.11. The van der Waals surface area contributed by atoms with Gasteiger partial charge in [-0.25, -0.2) is 0 Å². The Hall–Kier alpha value is -0.160. The van der Waals surface area contributed by atoms with Crippen LogP contribution in [-0.4, -0.2) is 79.1 Å². The molecule has 4 nitrogen and oxygen atoms in total. The minimum atomic E-state index is 0.291. The number of fused-ring (bicyclic) bond motifs is 1. The molecule has 0 aromatic rings. The fourth-order valence-electron chi connectivity index (χ4n) is 4.39. The van der Waals surface area contributed by atoms with Crippen molar-refractivity contribution in [3.8, 4) is 0 Å². The number of hydrogen-bond acceptors (Lipinski definition) is 4. The van der Waals surface area contributed by atoms with Gasteiger partial charge in [0.1, 0.15) is 0 Å². The smallest absolute Gasteiger partial charge is 0.0345 e. The van der Waals surface area contributed by atoms with Gasteiger partial charge in [-0.15, -0.1) is 0 Å². The topological polar surface area (TPSA) is 35.7 Å². The Labute approximate surface area is 117 Å². The van der Waals surface area contributed by atoms with Crippen LogP contribution in [0.1, 0.15) is 32.1 Å². The summed E-state index contributed by atoms with van der Waals surface area (Å²) >= 11 is 0. The largest absolute Gasteiger partial charge is 0.329 e. The monoisotopic (exact) mass is 266 g/mol. The lowest BCUT2D eigenvalue weighted by atomic mass is 9.87. The highest BCUT2D eigenvalue weighted by molar-refractivity contribution is 4.99. The average molecular weight is 266 g/mol. The fraction of sp³-hybridized carbons (Fsp3) is 1.00. The minimum absolute atomic E-state index is 0.291. The van der Waals surface area contributed by atoms with E-state index in [-0.39, 0.29) is 0 Å². The second-order valence-corrected chi connectivity index (χ2v) is 6.86. The maximum absolute atomic E-state index is 6.25. The van der Waals surface area contributed by atoms with E-state index in [0.717, 1.165) is 12.6 Å². The SMILES string of the molecule is CN1CCCC(CN)(N2CCN3CCCC3C2)CC1. The van der Waals surface area contributed by atoms with E-state index in [2.05, 4.69) is 21.7 Å². The molecule has 3 heterocycles. The van der Waals surface area contributed by atoms with E-state index in [0.29, 0.717) is 5.54 Å². The number of likely N-dealkylation sites (tertiary alicyclic amines) is 1. The molecule has 0 amide bonds. The summed E-state index contributed by atoms with van der Waals surface area (Å²) in [6.45, 7) is 8.39. The van der Waals surface area contributed by atoms with Gasteiger partial charge in [-0.2, -0.15) is 0 Å². The highest BCUT2D eigenvalue weighted by atomic mass is 15.3.